The molecule has 0 N–H and O–H groups in total. The van der Waals surface area contributed by atoms with Gasteiger partial charge in [0, 0.05) is 16.5 Å². The first-order valence-electron chi connectivity index (χ1n) is 15.6. The Bertz CT molecular complexity index is 2260. The zero-order valence-corrected chi connectivity index (χ0v) is 26.2. The minimum absolute atomic E-state index is 0.728. The van der Waals surface area contributed by atoms with E-state index in [1.807, 2.05) is 12.1 Å². The van der Waals surface area contributed by atoms with Gasteiger partial charge in [0.05, 0.1) is 22.7 Å². The van der Waals surface area contributed by atoms with Crippen LogP contribution in [0.5, 0.6) is 0 Å². The van der Waals surface area contributed by atoms with Crippen LogP contribution >= 0.6 is 0 Å². The number of rotatable bonds is 6. The molecule has 0 saturated heterocycles. The second kappa shape index (κ2) is 11.5. The van der Waals surface area contributed by atoms with Gasteiger partial charge in [0.15, 0.2) is 8.07 Å². The van der Waals surface area contributed by atoms with Gasteiger partial charge >= 0.3 is 0 Å². The molecule has 2 nitrogen and oxygen atoms in total. The van der Waals surface area contributed by atoms with Crippen molar-refractivity contribution in [2.24, 2.45) is 0 Å². The summed E-state index contributed by atoms with van der Waals surface area (Å²) in [6.07, 6.45) is 0. The highest BCUT2D eigenvalue weighted by atomic mass is 28.3. The van der Waals surface area contributed by atoms with Crippen molar-refractivity contribution in [1.82, 2.24) is 4.57 Å². The Morgan fingerprint density at radius 3 is 1.39 bits per heavy atom. The van der Waals surface area contributed by atoms with Crippen molar-refractivity contribution in [3.8, 4) is 22.9 Å². The maximum absolute atomic E-state index is 10.3. The number of benzene rings is 7. The van der Waals surface area contributed by atoms with Crippen LogP contribution in [0.2, 0.25) is 0 Å². The Hall–Kier alpha value is -5.95. The number of hydrogen-bond acceptors (Lipinski definition) is 1. The molecule has 1 aromatic heterocycles. The van der Waals surface area contributed by atoms with Gasteiger partial charge in [0.2, 0.25) is 0 Å². The van der Waals surface area contributed by atoms with Gasteiger partial charge in [-0.2, -0.15) is 5.26 Å². The summed E-state index contributed by atoms with van der Waals surface area (Å²) in [6.45, 7) is 0. The molecule has 8 rings (SSSR count). The van der Waals surface area contributed by atoms with Crippen molar-refractivity contribution in [3.05, 3.63) is 188 Å². The molecule has 0 radical (unpaired) electrons. The van der Waals surface area contributed by atoms with Gasteiger partial charge in [-0.3, -0.25) is 0 Å². The second-order valence-corrected chi connectivity index (χ2v) is 15.4. The monoisotopic (exact) mass is 602 g/mol. The highest BCUT2D eigenvalue weighted by Crippen LogP contribution is 2.32. The highest BCUT2D eigenvalue weighted by Gasteiger charge is 2.42. The Morgan fingerprint density at radius 2 is 0.848 bits per heavy atom. The molecular weight excluding hydrogens is 573 g/mol. The number of fused-ring (bicyclic) bond motifs is 3. The summed E-state index contributed by atoms with van der Waals surface area (Å²) >= 11 is 0. The van der Waals surface area contributed by atoms with Crippen molar-refractivity contribution < 1.29 is 0 Å². The number of hydrogen-bond donors (Lipinski definition) is 0. The smallest absolute Gasteiger partial charge is 0.180 e. The van der Waals surface area contributed by atoms with E-state index in [1.54, 1.807) is 0 Å². The molecule has 0 spiro atoms. The predicted octanol–water partition coefficient (Wildman–Crippen LogP) is 7.70. The lowest BCUT2D eigenvalue weighted by molar-refractivity contribution is 1.18. The van der Waals surface area contributed by atoms with Gasteiger partial charge < -0.3 is 4.57 Å². The molecule has 216 valence electrons. The molecule has 0 atom stereocenters. The van der Waals surface area contributed by atoms with E-state index in [0.29, 0.717) is 0 Å². The van der Waals surface area contributed by atoms with Gasteiger partial charge in [0.1, 0.15) is 0 Å². The number of nitriles is 1. The lowest BCUT2D eigenvalue weighted by Gasteiger charge is -2.35. The zero-order chi connectivity index (χ0) is 30.9. The van der Waals surface area contributed by atoms with Crippen molar-refractivity contribution in [3.63, 3.8) is 0 Å². The molecule has 1 heterocycles. The summed E-state index contributed by atoms with van der Waals surface area (Å²) in [4.78, 5) is 0. The summed E-state index contributed by atoms with van der Waals surface area (Å²) < 4.78 is 2.35. The van der Waals surface area contributed by atoms with Crippen LogP contribution in [0, 0.1) is 11.3 Å². The first kappa shape index (κ1) is 27.6. The van der Waals surface area contributed by atoms with Gasteiger partial charge in [-0.1, -0.05) is 152 Å². The van der Waals surface area contributed by atoms with E-state index < -0.39 is 8.07 Å². The molecule has 0 aliphatic carbocycles. The van der Waals surface area contributed by atoms with E-state index in [0.717, 1.165) is 22.0 Å². The van der Waals surface area contributed by atoms with Crippen LogP contribution in [0.4, 0.5) is 0 Å². The molecule has 3 heteroatoms. The van der Waals surface area contributed by atoms with Gasteiger partial charge in [-0.05, 0) is 62.2 Å². The molecule has 7 aromatic carbocycles. The summed E-state index contributed by atoms with van der Waals surface area (Å²) in [7, 11) is -2.81. The van der Waals surface area contributed by atoms with E-state index in [1.165, 1.54) is 42.9 Å². The number of aromatic nitrogens is 1. The first-order valence-corrected chi connectivity index (χ1v) is 17.6. The molecule has 0 saturated carbocycles. The van der Waals surface area contributed by atoms with Crippen molar-refractivity contribution in [2.75, 3.05) is 0 Å². The fraction of sp³-hybridized carbons (Fsp3) is 0. The van der Waals surface area contributed by atoms with Crippen LogP contribution in [0.3, 0.4) is 0 Å². The Labute approximate surface area is 270 Å². The van der Waals surface area contributed by atoms with Crippen molar-refractivity contribution >= 4 is 50.6 Å². The predicted molar refractivity (Wildman–Crippen MR) is 195 cm³/mol. The second-order valence-electron chi connectivity index (χ2n) is 11.6. The SMILES string of the molecule is N#Cc1ccccc1[Si](c1ccccc1)(c1ccccc1)c1ccc(-c2ccc(-n3c4ccccc4c4ccccc43)cc2)cc1. The standard InChI is InChI=1S/C43H30N2Si/c44-31-34-13-7-12-22-43(34)46(36-14-3-1-4-15-36,37-16-5-2-6-17-37)38-29-25-33(26-30-38)32-23-27-35(28-24-32)45-41-20-10-8-18-39(41)40-19-9-11-21-42(40)45/h1-30H. The average molecular weight is 603 g/mol. The van der Waals surface area contributed by atoms with Crippen LogP contribution in [-0.4, -0.2) is 12.6 Å². The van der Waals surface area contributed by atoms with Crippen LogP contribution < -0.4 is 20.7 Å². The largest absolute Gasteiger partial charge is 0.309 e. The summed E-state index contributed by atoms with van der Waals surface area (Å²) in [5.41, 5.74) is 6.62. The van der Waals surface area contributed by atoms with Crippen LogP contribution in [0.25, 0.3) is 38.6 Å². The van der Waals surface area contributed by atoms with E-state index in [9.17, 15) is 5.26 Å². The van der Waals surface area contributed by atoms with Gasteiger partial charge in [-0.15, -0.1) is 0 Å². The van der Waals surface area contributed by atoms with E-state index in [2.05, 4.69) is 180 Å². The minimum atomic E-state index is -2.81. The van der Waals surface area contributed by atoms with E-state index in [4.69, 9.17) is 0 Å². The lowest BCUT2D eigenvalue weighted by Crippen LogP contribution is -2.75. The van der Waals surface area contributed by atoms with Crippen LogP contribution in [0.15, 0.2) is 182 Å². The minimum Gasteiger partial charge on any atom is -0.309 e. The summed E-state index contributed by atoms with van der Waals surface area (Å²) in [6, 6.07) is 67.3. The third-order valence-corrected chi connectivity index (χ3v) is 14.1. The third kappa shape index (κ3) is 4.39. The molecule has 8 aromatic rings. The quantitative estimate of drug-likeness (QED) is 0.142. The molecule has 0 unspecified atom stereocenters. The molecule has 46 heavy (non-hydrogen) atoms. The van der Waals surface area contributed by atoms with Crippen molar-refractivity contribution in [1.29, 1.82) is 5.26 Å². The van der Waals surface area contributed by atoms with Crippen molar-refractivity contribution in [2.45, 2.75) is 0 Å². The Kier molecular flexibility index (Phi) is 6.91. The summed E-state index contributed by atoms with van der Waals surface area (Å²) in [5.74, 6) is 0. The summed E-state index contributed by atoms with van der Waals surface area (Å²) in [5, 5.41) is 17.7. The first-order chi connectivity index (χ1) is 22.8. The fourth-order valence-corrected chi connectivity index (χ4v) is 12.0. The van der Waals surface area contributed by atoms with E-state index >= 15 is 0 Å². The molecule has 0 amide bonds. The number of para-hydroxylation sites is 2. The molecule has 0 fully saturated rings. The maximum atomic E-state index is 10.3. The Morgan fingerprint density at radius 1 is 0.413 bits per heavy atom. The maximum Gasteiger partial charge on any atom is 0.180 e. The third-order valence-electron chi connectivity index (χ3n) is 9.22. The Balaban J connectivity index is 1.25. The fourth-order valence-electron chi connectivity index (χ4n) is 7.17. The highest BCUT2D eigenvalue weighted by molar-refractivity contribution is 7.20. The van der Waals surface area contributed by atoms with Crippen LogP contribution in [0.1, 0.15) is 5.56 Å². The number of nitrogens with zero attached hydrogens (tertiary/aromatic N) is 2. The zero-order valence-electron chi connectivity index (χ0n) is 25.2. The lowest BCUT2D eigenvalue weighted by atomic mass is 10.1. The van der Waals surface area contributed by atoms with E-state index in [-0.39, 0.29) is 0 Å². The average Bonchev–Trinajstić information content (AvgIpc) is 3.48. The van der Waals surface area contributed by atoms with Gasteiger partial charge in [-0.25, -0.2) is 0 Å². The normalized spacial score (nSPS) is 11.5. The van der Waals surface area contributed by atoms with Gasteiger partial charge in [0.25, 0.3) is 0 Å². The molecule has 0 aliphatic rings. The van der Waals surface area contributed by atoms with Crippen LogP contribution in [-0.2, 0) is 0 Å². The molecule has 0 bridgehead atoms. The molecular formula is C43H30N2Si. The molecule has 0 aliphatic heterocycles. The topological polar surface area (TPSA) is 28.7 Å².